The van der Waals surface area contributed by atoms with Crippen molar-refractivity contribution in [2.24, 2.45) is 11.7 Å². The first kappa shape index (κ1) is 14.7. The number of carbonyl (C=O) groups is 1. The van der Waals surface area contributed by atoms with Crippen molar-refractivity contribution in [3.63, 3.8) is 0 Å². The third-order valence-corrected chi connectivity index (χ3v) is 3.97. The van der Waals surface area contributed by atoms with Gasteiger partial charge in [-0.15, -0.1) is 0 Å². The van der Waals surface area contributed by atoms with E-state index in [-0.39, 0.29) is 18.5 Å². The van der Waals surface area contributed by atoms with Gasteiger partial charge in [0.1, 0.15) is 17.8 Å². The van der Waals surface area contributed by atoms with Gasteiger partial charge in [0.2, 0.25) is 0 Å². The van der Waals surface area contributed by atoms with E-state index < -0.39 is 0 Å². The Morgan fingerprint density at radius 3 is 2.68 bits per heavy atom. The molecule has 0 aliphatic heterocycles. The van der Waals surface area contributed by atoms with Crippen LogP contribution in [0.5, 0.6) is 5.75 Å². The SMILES string of the molecule is COc1ccc(C(NC(=O)c2coc(CN)c2)C2CC2)cc1. The molecule has 0 spiro atoms. The minimum absolute atomic E-state index is 0.0228. The summed E-state index contributed by atoms with van der Waals surface area (Å²) in [5.41, 5.74) is 7.11. The van der Waals surface area contributed by atoms with Gasteiger partial charge in [0, 0.05) is 0 Å². The Labute approximate surface area is 129 Å². The number of nitrogens with one attached hydrogen (secondary N) is 1. The first-order valence-corrected chi connectivity index (χ1v) is 7.43. The maximum Gasteiger partial charge on any atom is 0.255 e. The summed E-state index contributed by atoms with van der Waals surface area (Å²) in [6, 6.07) is 9.55. The number of rotatable bonds is 6. The number of nitrogens with two attached hydrogens (primary N) is 1. The van der Waals surface area contributed by atoms with Crippen LogP contribution in [0.25, 0.3) is 0 Å². The van der Waals surface area contributed by atoms with E-state index in [1.807, 2.05) is 24.3 Å². The molecule has 1 saturated carbocycles. The van der Waals surface area contributed by atoms with Crippen molar-refractivity contribution in [3.8, 4) is 5.75 Å². The van der Waals surface area contributed by atoms with Gasteiger partial charge in [0.15, 0.2) is 0 Å². The molecule has 0 saturated heterocycles. The molecular weight excluding hydrogens is 280 g/mol. The number of benzene rings is 1. The number of methoxy groups -OCH3 is 1. The Bertz CT molecular complexity index is 644. The molecule has 1 aliphatic rings. The van der Waals surface area contributed by atoms with E-state index in [1.165, 1.54) is 6.26 Å². The average molecular weight is 300 g/mol. The van der Waals surface area contributed by atoms with E-state index in [4.69, 9.17) is 14.9 Å². The Balaban J connectivity index is 1.75. The monoisotopic (exact) mass is 300 g/mol. The zero-order chi connectivity index (χ0) is 15.5. The van der Waals surface area contributed by atoms with E-state index in [0.29, 0.717) is 17.2 Å². The van der Waals surface area contributed by atoms with E-state index in [0.717, 1.165) is 24.2 Å². The summed E-state index contributed by atoms with van der Waals surface area (Å²) in [5.74, 6) is 1.79. The third kappa shape index (κ3) is 3.14. The normalized spacial score (nSPS) is 15.4. The molecule has 1 atom stereocenters. The highest BCUT2D eigenvalue weighted by molar-refractivity contribution is 5.94. The standard InChI is InChI=1S/C17H20N2O3/c1-21-14-6-4-12(5-7-14)16(11-2-3-11)19-17(20)13-8-15(9-18)22-10-13/h4-8,10-11,16H,2-3,9,18H2,1H3,(H,19,20). The minimum atomic E-state index is -0.129. The summed E-state index contributed by atoms with van der Waals surface area (Å²) in [7, 11) is 1.64. The molecule has 2 aromatic rings. The van der Waals surface area contributed by atoms with Crippen molar-refractivity contribution < 1.29 is 13.9 Å². The van der Waals surface area contributed by atoms with Crippen LogP contribution in [-0.2, 0) is 6.54 Å². The zero-order valence-electron chi connectivity index (χ0n) is 12.5. The van der Waals surface area contributed by atoms with Gasteiger partial charge < -0.3 is 20.2 Å². The van der Waals surface area contributed by atoms with Gasteiger partial charge in [0.25, 0.3) is 5.91 Å². The molecule has 5 nitrogen and oxygen atoms in total. The zero-order valence-corrected chi connectivity index (χ0v) is 12.5. The minimum Gasteiger partial charge on any atom is -0.497 e. The summed E-state index contributed by atoms with van der Waals surface area (Å²) < 4.78 is 10.4. The molecule has 1 aliphatic carbocycles. The van der Waals surface area contributed by atoms with Gasteiger partial charge in [-0.05, 0) is 42.5 Å². The van der Waals surface area contributed by atoms with E-state index in [1.54, 1.807) is 13.2 Å². The molecule has 22 heavy (non-hydrogen) atoms. The molecule has 1 unspecified atom stereocenters. The van der Waals surface area contributed by atoms with Crippen LogP contribution in [0.4, 0.5) is 0 Å². The van der Waals surface area contributed by atoms with Gasteiger partial charge in [0.05, 0.1) is 25.3 Å². The topological polar surface area (TPSA) is 77.5 Å². The molecule has 1 amide bonds. The van der Waals surface area contributed by atoms with Crippen molar-refractivity contribution in [3.05, 3.63) is 53.5 Å². The van der Waals surface area contributed by atoms with Crippen LogP contribution in [0.1, 0.15) is 40.6 Å². The highest BCUT2D eigenvalue weighted by atomic mass is 16.5. The molecule has 1 fully saturated rings. The average Bonchev–Trinajstić information content (AvgIpc) is 3.28. The number of hydrogen-bond acceptors (Lipinski definition) is 4. The molecule has 1 aromatic heterocycles. The van der Waals surface area contributed by atoms with Gasteiger partial charge >= 0.3 is 0 Å². The molecule has 1 heterocycles. The smallest absolute Gasteiger partial charge is 0.255 e. The lowest BCUT2D eigenvalue weighted by Gasteiger charge is -2.18. The van der Waals surface area contributed by atoms with Crippen LogP contribution in [-0.4, -0.2) is 13.0 Å². The number of ether oxygens (including phenoxy) is 1. The van der Waals surface area contributed by atoms with Gasteiger partial charge in [-0.1, -0.05) is 12.1 Å². The van der Waals surface area contributed by atoms with Crippen LogP contribution in [0.3, 0.4) is 0 Å². The predicted octanol–water partition coefficient (Wildman–Crippen LogP) is 2.63. The molecule has 5 heteroatoms. The number of amides is 1. The number of carbonyl (C=O) groups excluding carboxylic acids is 1. The summed E-state index contributed by atoms with van der Waals surface area (Å²) in [4.78, 5) is 12.4. The van der Waals surface area contributed by atoms with Gasteiger partial charge in [-0.2, -0.15) is 0 Å². The van der Waals surface area contributed by atoms with Crippen molar-refractivity contribution in [2.45, 2.75) is 25.4 Å². The van der Waals surface area contributed by atoms with Gasteiger partial charge in [-0.3, -0.25) is 4.79 Å². The van der Waals surface area contributed by atoms with E-state index >= 15 is 0 Å². The van der Waals surface area contributed by atoms with Crippen molar-refractivity contribution in [1.29, 1.82) is 0 Å². The second kappa shape index (κ2) is 6.23. The molecule has 0 bridgehead atoms. The molecule has 3 rings (SSSR count). The lowest BCUT2D eigenvalue weighted by atomic mass is 10.0. The van der Waals surface area contributed by atoms with Gasteiger partial charge in [-0.25, -0.2) is 0 Å². The molecule has 116 valence electrons. The Morgan fingerprint density at radius 2 is 2.14 bits per heavy atom. The number of furan rings is 1. The summed E-state index contributed by atoms with van der Waals surface area (Å²) in [6.07, 6.45) is 3.72. The van der Waals surface area contributed by atoms with Crippen LogP contribution in [0.15, 0.2) is 41.0 Å². The largest absolute Gasteiger partial charge is 0.497 e. The summed E-state index contributed by atoms with van der Waals surface area (Å²) in [5, 5.41) is 3.11. The Hall–Kier alpha value is -2.27. The highest BCUT2D eigenvalue weighted by Gasteiger charge is 2.33. The predicted molar refractivity (Wildman–Crippen MR) is 82.5 cm³/mol. The fourth-order valence-electron chi connectivity index (χ4n) is 2.55. The Morgan fingerprint density at radius 1 is 1.41 bits per heavy atom. The fourth-order valence-corrected chi connectivity index (χ4v) is 2.55. The molecule has 0 radical (unpaired) electrons. The van der Waals surface area contributed by atoms with E-state index in [9.17, 15) is 4.79 Å². The Kier molecular flexibility index (Phi) is 4.15. The van der Waals surface area contributed by atoms with Crippen molar-refractivity contribution in [2.75, 3.05) is 7.11 Å². The van der Waals surface area contributed by atoms with Crippen LogP contribution in [0.2, 0.25) is 0 Å². The lowest BCUT2D eigenvalue weighted by Crippen LogP contribution is -2.29. The summed E-state index contributed by atoms with van der Waals surface area (Å²) >= 11 is 0. The van der Waals surface area contributed by atoms with Crippen LogP contribution >= 0.6 is 0 Å². The fraction of sp³-hybridized carbons (Fsp3) is 0.353. The second-order valence-corrected chi connectivity index (χ2v) is 5.57. The molecule has 3 N–H and O–H groups in total. The summed E-state index contributed by atoms with van der Waals surface area (Å²) in [6.45, 7) is 0.289. The maximum atomic E-state index is 12.4. The number of hydrogen-bond donors (Lipinski definition) is 2. The molecule has 1 aromatic carbocycles. The maximum absolute atomic E-state index is 12.4. The lowest BCUT2D eigenvalue weighted by molar-refractivity contribution is 0.0931. The van der Waals surface area contributed by atoms with Crippen molar-refractivity contribution >= 4 is 5.91 Å². The second-order valence-electron chi connectivity index (χ2n) is 5.57. The highest BCUT2D eigenvalue weighted by Crippen LogP contribution is 2.41. The quantitative estimate of drug-likeness (QED) is 0.859. The van der Waals surface area contributed by atoms with E-state index in [2.05, 4.69) is 5.32 Å². The van der Waals surface area contributed by atoms with Crippen LogP contribution < -0.4 is 15.8 Å². The molecular formula is C17H20N2O3. The third-order valence-electron chi connectivity index (χ3n) is 3.97. The first-order chi connectivity index (χ1) is 10.7. The van der Waals surface area contributed by atoms with Crippen molar-refractivity contribution in [1.82, 2.24) is 5.32 Å². The first-order valence-electron chi connectivity index (χ1n) is 7.43. The van der Waals surface area contributed by atoms with Crippen LogP contribution in [0, 0.1) is 5.92 Å².